The number of aliphatic imine (C=N–C) groups is 1. The number of hydrogen-bond acceptors (Lipinski definition) is 3. The third-order valence-corrected chi connectivity index (χ3v) is 5.15. The summed E-state index contributed by atoms with van der Waals surface area (Å²) < 4.78 is 25.2. The first-order valence-corrected chi connectivity index (χ1v) is 10.2. The van der Waals surface area contributed by atoms with E-state index in [0.29, 0.717) is 18.2 Å². The molecule has 1 saturated heterocycles. The molecule has 2 N–H and O–H groups in total. The normalized spacial score (nSPS) is 19.6. The van der Waals surface area contributed by atoms with Gasteiger partial charge in [0, 0.05) is 32.2 Å². The van der Waals surface area contributed by atoms with E-state index in [-0.39, 0.29) is 42.0 Å². The minimum Gasteiger partial charge on any atom is -0.489 e. The molecule has 1 aliphatic heterocycles. The molecule has 0 saturated carbocycles. The average molecular weight is 527 g/mol. The first-order valence-electron chi connectivity index (χ1n) is 10.2. The van der Waals surface area contributed by atoms with Gasteiger partial charge in [-0.25, -0.2) is 4.39 Å². The molecule has 3 atom stereocenters. The van der Waals surface area contributed by atoms with Crippen LogP contribution < -0.4 is 15.4 Å². The molecule has 1 fully saturated rings. The Kier molecular flexibility index (Phi) is 10.4. The lowest BCUT2D eigenvalue weighted by molar-refractivity contribution is 0.0915. The third-order valence-electron chi connectivity index (χ3n) is 5.15. The molecule has 5 nitrogen and oxygen atoms in total. The standard InChI is InChI=1S/C23H30FN3O2.HI/c1-3-20(29-21-11-7-10-19(24)14-21)16-27-23(25-2)26-15-18-12-13-28-22(18)17-8-5-4-6-9-17;/h4-11,14,18,20,22H,3,12-13,15-16H2,1-2H3,(H2,25,26,27);1H. The lowest BCUT2D eigenvalue weighted by atomic mass is 9.95. The summed E-state index contributed by atoms with van der Waals surface area (Å²) >= 11 is 0. The summed E-state index contributed by atoms with van der Waals surface area (Å²) in [5.74, 6) is 1.36. The molecule has 3 rings (SSSR count). The summed E-state index contributed by atoms with van der Waals surface area (Å²) in [5.41, 5.74) is 1.22. The van der Waals surface area contributed by atoms with Gasteiger partial charge in [0.15, 0.2) is 5.96 Å². The van der Waals surface area contributed by atoms with Crippen molar-refractivity contribution >= 4 is 29.9 Å². The molecule has 3 unspecified atom stereocenters. The number of halogens is 2. The fourth-order valence-electron chi connectivity index (χ4n) is 3.52. The van der Waals surface area contributed by atoms with Gasteiger partial charge in [-0.1, -0.05) is 43.3 Å². The minimum absolute atomic E-state index is 0. The van der Waals surface area contributed by atoms with E-state index in [4.69, 9.17) is 9.47 Å². The highest BCUT2D eigenvalue weighted by molar-refractivity contribution is 14.0. The summed E-state index contributed by atoms with van der Waals surface area (Å²) in [6, 6.07) is 16.6. The van der Waals surface area contributed by atoms with E-state index in [2.05, 4.69) is 27.8 Å². The number of hydrogen-bond donors (Lipinski definition) is 2. The molecule has 0 aliphatic carbocycles. The average Bonchev–Trinajstić information content (AvgIpc) is 3.22. The number of rotatable bonds is 8. The monoisotopic (exact) mass is 527 g/mol. The Morgan fingerprint density at radius 3 is 2.70 bits per heavy atom. The van der Waals surface area contributed by atoms with Crippen LogP contribution in [0.5, 0.6) is 5.75 Å². The van der Waals surface area contributed by atoms with E-state index in [9.17, 15) is 4.39 Å². The van der Waals surface area contributed by atoms with Crippen molar-refractivity contribution in [2.24, 2.45) is 10.9 Å². The van der Waals surface area contributed by atoms with Gasteiger partial charge in [0.1, 0.15) is 17.7 Å². The second-order valence-electron chi connectivity index (χ2n) is 7.19. The summed E-state index contributed by atoms with van der Waals surface area (Å²) in [4.78, 5) is 4.31. The maximum Gasteiger partial charge on any atom is 0.191 e. The Balaban J connectivity index is 0.00000320. The van der Waals surface area contributed by atoms with Gasteiger partial charge in [0.2, 0.25) is 0 Å². The number of nitrogens with zero attached hydrogens (tertiary/aromatic N) is 1. The highest BCUT2D eigenvalue weighted by Gasteiger charge is 2.29. The SMILES string of the molecule is CCC(CNC(=NC)NCC1CCOC1c1ccccc1)Oc1cccc(F)c1.I. The van der Waals surface area contributed by atoms with Gasteiger partial charge in [-0.05, 0) is 30.5 Å². The van der Waals surface area contributed by atoms with Gasteiger partial charge in [-0.2, -0.15) is 0 Å². The van der Waals surface area contributed by atoms with Crippen LogP contribution in [0.15, 0.2) is 59.6 Å². The molecule has 1 heterocycles. The smallest absolute Gasteiger partial charge is 0.191 e. The first-order chi connectivity index (χ1) is 14.2. The van der Waals surface area contributed by atoms with E-state index >= 15 is 0 Å². The van der Waals surface area contributed by atoms with Crippen LogP contribution in [-0.2, 0) is 4.74 Å². The Bertz CT molecular complexity index is 791. The van der Waals surface area contributed by atoms with Crippen LogP contribution in [0, 0.1) is 11.7 Å². The summed E-state index contributed by atoms with van der Waals surface area (Å²) in [7, 11) is 1.75. The molecule has 2 aromatic rings. The van der Waals surface area contributed by atoms with Crippen LogP contribution in [0.2, 0.25) is 0 Å². The zero-order valence-electron chi connectivity index (χ0n) is 17.5. The fraction of sp³-hybridized carbons (Fsp3) is 0.435. The molecular formula is C23H31FIN3O2. The van der Waals surface area contributed by atoms with Crippen LogP contribution in [0.1, 0.15) is 31.4 Å². The maximum absolute atomic E-state index is 13.4. The lowest BCUT2D eigenvalue weighted by Crippen LogP contribution is -2.44. The highest BCUT2D eigenvalue weighted by Crippen LogP contribution is 2.33. The molecule has 30 heavy (non-hydrogen) atoms. The van der Waals surface area contributed by atoms with Gasteiger partial charge in [0.05, 0.1) is 12.6 Å². The molecule has 7 heteroatoms. The van der Waals surface area contributed by atoms with E-state index in [0.717, 1.165) is 32.0 Å². The number of ether oxygens (including phenoxy) is 2. The second kappa shape index (κ2) is 12.7. The predicted octanol–water partition coefficient (Wildman–Crippen LogP) is 4.54. The Hall–Kier alpha value is -1.87. The van der Waals surface area contributed by atoms with E-state index in [1.807, 2.05) is 25.1 Å². The van der Waals surface area contributed by atoms with Crippen LogP contribution in [-0.4, -0.2) is 38.8 Å². The van der Waals surface area contributed by atoms with Gasteiger partial charge in [-0.3, -0.25) is 4.99 Å². The summed E-state index contributed by atoms with van der Waals surface area (Å²) in [6.45, 7) is 4.18. The number of nitrogens with one attached hydrogen (secondary N) is 2. The van der Waals surface area contributed by atoms with E-state index in [1.165, 1.54) is 17.7 Å². The van der Waals surface area contributed by atoms with Gasteiger partial charge < -0.3 is 20.1 Å². The molecule has 0 amide bonds. The topological polar surface area (TPSA) is 54.9 Å². The van der Waals surface area contributed by atoms with Gasteiger partial charge >= 0.3 is 0 Å². The molecule has 1 aliphatic rings. The summed E-state index contributed by atoms with van der Waals surface area (Å²) in [6.07, 6.45) is 1.85. The Morgan fingerprint density at radius 2 is 2.00 bits per heavy atom. The second-order valence-corrected chi connectivity index (χ2v) is 7.19. The molecule has 2 aromatic carbocycles. The van der Waals surface area contributed by atoms with Crippen molar-refractivity contribution in [3.63, 3.8) is 0 Å². The molecule has 0 aromatic heterocycles. The Labute approximate surface area is 195 Å². The number of benzene rings is 2. The zero-order chi connectivity index (χ0) is 20.5. The third kappa shape index (κ3) is 7.12. The van der Waals surface area contributed by atoms with E-state index in [1.54, 1.807) is 19.2 Å². The maximum atomic E-state index is 13.4. The largest absolute Gasteiger partial charge is 0.489 e. The summed E-state index contributed by atoms with van der Waals surface area (Å²) in [5, 5.41) is 6.72. The van der Waals surface area contributed by atoms with Crippen molar-refractivity contribution in [1.29, 1.82) is 0 Å². The first kappa shape index (κ1) is 24.4. The van der Waals surface area contributed by atoms with Crippen molar-refractivity contribution in [2.45, 2.75) is 32.0 Å². The molecule has 164 valence electrons. The Morgan fingerprint density at radius 1 is 1.20 bits per heavy atom. The van der Waals surface area contributed by atoms with Crippen molar-refractivity contribution in [3.8, 4) is 5.75 Å². The molecule has 0 radical (unpaired) electrons. The fourth-order valence-corrected chi connectivity index (χ4v) is 3.52. The minimum atomic E-state index is -0.297. The van der Waals surface area contributed by atoms with Crippen molar-refractivity contribution in [3.05, 3.63) is 66.0 Å². The van der Waals surface area contributed by atoms with Gasteiger partial charge in [-0.15, -0.1) is 24.0 Å². The van der Waals surface area contributed by atoms with E-state index < -0.39 is 0 Å². The predicted molar refractivity (Wildman–Crippen MR) is 129 cm³/mol. The lowest BCUT2D eigenvalue weighted by Gasteiger charge is -2.22. The van der Waals surface area contributed by atoms with Crippen molar-refractivity contribution in [2.75, 3.05) is 26.7 Å². The van der Waals surface area contributed by atoms with Crippen LogP contribution >= 0.6 is 24.0 Å². The molecular weight excluding hydrogens is 496 g/mol. The van der Waals surface area contributed by atoms with Crippen LogP contribution in [0.25, 0.3) is 0 Å². The zero-order valence-corrected chi connectivity index (χ0v) is 19.8. The van der Waals surface area contributed by atoms with Gasteiger partial charge in [0.25, 0.3) is 0 Å². The number of guanidine groups is 1. The van der Waals surface area contributed by atoms with Crippen molar-refractivity contribution in [1.82, 2.24) is 10.6 Å². The molecule has 0 spiro atoms. The highest BCUT2D eigenvalue weighted by atomic mass is 127. The molecule has 0 bridgehead atoms. The van der Waals surface area contributed by atoms with Crippen LogP contribution in [0.3, 0.4) is 0 Å². The quantitative estimate of drug-likeness (QED) is 0.301. The van der Waals surface area contributed by atoms with Crippen LogP contribution in [0.4, 0.5) is 4.39 Å². The van der Waals surface area contributed by atoms with Crippen molar-refractivity contribution < 1.29 is 13.9 Å².